The molecule has 1 amide bonds. The van der Waals surface area contributed by atoms with Crippen molar-refractivity contribution >= 4 is 34.9 Å². The highest BCUT2D eigenvalue weighted by Crippen LogP contribution is 2.35. The number of nitrogens with zero attached hydrogens (tertiary/aromatic N) is 1. The van der Waals surface area contributed by atoms with Crippen molar-refractivity contribution in [3.05, 3.63) is 53.1 Å². The Morgan fingerprint density at radius 2 is 1.83 bits per heavy atom. The van der Waals surface area contributed by atoms with Gasteiger partial charge in [0.05, 0.1) is 25.8 Å². The lowest BCUT2D eigenvalue weighted by molar-refractivity contribution is -0.147. The zero-order valence-electron chi connectivity index (χ0n) is 16.0. The number of ketones is 1. The van der Waals surface area contributed by atoms with Gasteiger partial charge in [-0.2, -0.15) is 0 Å². The summed E-state index contributed by atoms with van der Waals surface area (Å²) in [5, 5.41) is 0.449. The number of ether oxygens (including phenoxy) is 3. The summed E-state index contributed by atoms with van der Waals surface area (Å²) in [4.78, 5) is 38.5. The van der Waals surface area contributed by atoms with Gasteiger partial charge in [0, 0.05) is 23.6 Å². The van der Waals surface area contributed by atoms with E-state index < -0.39 is 18.5 Å². The Morgan fingerprint density at radius 1 is 1.10 bits per heavy atom. The van der Waals surface area contributed by atoms with Crippen LogP contribution in [0.5, 0.6) is 11.5 Å². The van der Waals surface area contributed by atoms with Crippen molar-refractivity contribution in [3.63, 3.8) is 0 Å². The van der Waals surface area contributed by atoms with Crippen molar-refractivity contribution in [1.29, 1.82) is 0 Å². The normalized spacial score (nSPS) is 15.9. The number of methoxy groups -OCH3 is 2. The molecule has 0 aliphatic carbocycles. The predicted octanol–water partition coefficient (Wildman–Crippen LogP) is 3.14. The van der Waals surface area contributed by atoms with Crippen molar-refractivity contribution in [1.82, 2.24) is 0 Å². The first-order chi connectivity index (χ1) is 13.9. The van der Waals surface area contributed by atoms with Gasteiger partial charge in [-0.1, -0.05) is 11.6 Å². The van der Waals surface area contributed by atoms with Crippen LogP contribution in [-0.2, 0) is 14.3 Å². The second-order valence-electron chi connectivity index (χ2n) is 6.48. The van der Waals surface area contributed by atoms with Gasteiger partial charge in [-0.25, -0.2) is 0 Å². The van der Waals surface area contributed by atoms with Gasteiger partial charge < -0.3 is 19.1 Å². The topological polar surface area (TPSA) is 82.1 Å². The maximum absolute atomic E-state index is 12.4. The van der Waals surface area contributed by atoms with Gasteiger partial charge in [0.2, 0.25) is 5.91 Å². The van der Waals surface area contributed by atoms with Gasteiger partial charge in [0.1, 0.15) is 11.5 Å². The van der Waals surface area contributed by atoms with Crippen LogP contribution in [0.4, 0.5) is 5.69 Å². The third-order valence-corrected chi connectivity index (χ3v) is 4.88. The fraction of sp³-hybridized carbons (Fsp3) is 0.286. The summed E-state index contributed by atoms with van der Waals surface area (Å²) < 4.78 is 15.5. The lowest BCUT2D eigenvalue weighted by Gasteiger charge is -2.19. The van der Waals surface area contributed by atoms with Crippen LogP contribution in [0.15, 0.2) is 42.5 Å². The van der Waals surface area contributed by atoms with Crippen molar-refractivity contribution in [2.24, 2.45) is 5.92 Å². The molecule has 0 unspecified atom stereocenters. The van der Waals surface area contributed by atoms with E-state index >= 15 is 0 Å². The smallest absolute Gasteiger partial charge is 0.311 e. The molecule has 0 spiro atoms. The number of hydrogen-bond donors (Lipinski definition) is 0. The number of hydrogen-bond acceptors (Lipinski definition) is 6. The number of anilines is 1. The summed E-state index contributed by atoms with van der Waals surface area (Å²) in [6, 6.07) is 11.4. The van der Waals surface area contributed by atoms with E-state index in [1.54, 1.807) is 42.5 Å². The average Bonchev–Trinajstić information content (AvgIpc) is 3.13. The summed E-state index contributed by atoms with van der Waals surface area (Å²) in [5.74, 6) is -0.739. The minimum absolute atomic E-state index is 0.00870. The van der Waals surface area contributed by atoms with Crippen molar-refractivity contribution in [2.45, 2.75) is 6.42 Å². The third-order valence-electron chi connectivity index (χ3n) is 4.65. The molecule has 1 heterocycles. The van der Waals surface area contributed by atoms with E-state index in [0.717, 1.165) is 0 Å². The van der Waals surface area contributed by atoms with Gasteiger partial charge in [0.25, 0.3) is 0 Å². The van der Waals surface area contributed by atoms with Gasteiger partial charge in [-0.05, 0) is 42.5 Å². The average molecular weight is 418 g/mol. The highest BCUT2D eigenvalue weighted by atomic mass is 35.5. The minimum atomic E-state index is -0.671. The van der Waals surface area contributed by atoms with Crippen molar-refractivity contribution < 1.29 is 28.6 Å². The van der Waals surface area contributed by atoms with E-state index in [9.17, 15) is 14.4 Å². The molecule has 1 aliphatic heterocycles. The Labute approximate surface area is 173 Å². The van der Waals surface area contributed by atoms with E-state index in [0.29, 0.717) is 27.8 Å². The summed E-state index contributed by atoms with van der Waals surface area (Å²) >= 11 is 6.03. The lowest BCUT2D eigenvalue weighted by Crippen LogP contribution is -2.27. The zero-order chi connectivity index (χ0) is 21.0. The van der Waals surface area contributed by atoms with Crippen LogP contribution in [-0.4, -0.2) is 45.0 Å². The van der Waals surface area contributed by atoms with E-state index in [4.69, 9.17) is 25.8 Å². The predicted molar refractivity (Wildman–Crippen MR) is 107 cm³/mol. The maximum Gasteiger partial charge on any atom is 0.311 e. The van der Waals surface area contributed by atoms with E-state index in [-0.39, 0.29) is 24.7 Å². The van der Waals surface area contributed by atoms with Gasteiger partial charge in [-0.15, -0.1) is 0 Å². The molecule has 0 N–H and O–H groups in total. The SMILES string of the molecule is COc1ccc(C(=O)COC(=O)[C@H]2CC(=O)N(c3cc(Cl)ccc3OC)C2)cc1. The number of carbonyl (C=O) groups excluding carboxylic acids is 3. The lowest BCUT2D eigenvalue weighted by atomic mass is 10.1. The first-order valence-corrected chi connectivity index (χ1v) is 9.28. The molecule has 2 aromatic rings. The molecular formula is C21H20ClNO6. The Hall–Kier alpha value is -3.06. The monoisotopic (exact) mass is 417 g/mol. The van der Waals surface area contributed by atoms with Crippen LogP contribution in [0.1, 0.15) is 16.8 Å². The maximum atomic E-state index is 12.4. The molecule has 7 nitrogen and oxygen atoms in total. The molecule has 3 rings (SSSR count). The van der Waals surface area contributed by atoms with Crippen LogP contribution in [0, 0.1) is 5.92 Å². The minimum Gasteiger partial charge on any atom is -0.497 e. The van der Waals surface area contributed by atoms with Gasteiger partial charge in [0.15, 0.2) is 12.4 Å². The van der Waals surface area contributed by atoms with Crippen LogP contribution in [0.3, 0.4) is 0 Å². The van der Waals surface area contributed by atoms with E-state index in [1.165, 1.54) is 19.1 Å². The largest absolute Gasteiger partial charge is 0.497 e. The summed E-state index contributed by atoms with van der Waals surface area (Å²) in [6.07, 6.45) is -0.00870. The zero-order valence-corrected chi connectivity index (χ0v) is 16.8. The standard InChI is InChI=1S/C21H20ClNO6/c1-27-16-6-3-13(4-7-16)18(24)12-29-21(26)14-9-20(25)23(11-14)17-10-15(22)5-8-19(17)28-2/h3-8,10,14H,9,11-12H2,1-2H3/t14-/m0/s1. The number of benzene rings is 2. The number of halogens is 1. The number of carbonyl (C=O) groups is 3. The van der Waals surface area contributed by atoms with Crippen LogP contribution < -0.4 is 14.4 Å². The number of Topliss-reactive ketones (excluding diaryl/α,β-unsaturated/α-hetero) is 1. The molecule has 1 aliphatic rings. The Balaban J connectivity index is 1.61. The van der Waals surface area contributed by atoms with Crippen molar-refractivity contribution in [3.8, 4) is 11.5 Å². The number of amides is 1. The van der Waals surface area contributed by atoms with E-state index in [2.05, 4.69) is 0 Å². The fourth-order valence-electron chi connectivity index (χ4n) is 3.09. The Morgan fingerprint density at radius 3 is 2.48 bits per heavy atom. The molecule has 1 fully saturated rings. The van der Waals surface area contributed by atoms with Gasteiger partial charge >= 0.3 is 5.97 Å². The van der Waals surface area contributed by atoms with Crippen LogP contribution in [0.25, 0.3) is 0 Å². The molecule has 8 heteroatoms. The number of esters is 1. The quantitative estimate of drug-likeness (QED) is 0.508. The molecular weight excluding hydrogens is 398 g/mol. The van der Waals surface area contributed by atoms with Gasteiger partial charge in [-0.3, -0.25) is 14.4 Å². The second kappa shape index (κ2) is 8.96. The molecule has 0 saturated carbocycles. The molecule has 0 radical (unpaired) electrons. The molecule has 1 saturated heterocycles. The molecule has 1 atom stereocenters. The molecule has 29 heavy (non-hydrogen) atoms. The molecule has 2 aromatic carbocycles. The fourth-order valence-corrected chi connectivity index (χ4v) is 3.25. The van der Waals surface area contributed by atoms with Crippen LogP contribution >= 0.6 is 11.6 Å². The van der Waals surface area contributed by atoms with E-state index in [1.807, 2.05) is 0 Å². The second-order valence-corrected chi connectivity index (χ2v) is 6.92. The van der Waals surface area contributed by atoms with Crippen molar-refractivity contribution in [2.75, 3.05) is 32.3 Å². The Kier molecular flexibility index (Phi) is 6.39. The number of rotatable bonds is 7. The highest BCUT2D eigenvalue weighted by molar-refractivity contribution is 6.31. The molecule has 0 bridgehead atoms. The molecule has 0 aromatic heterocycles. The highest BCUT2D eigenvalue weighted by Gasteiger charge is 2.37. The first-order valence-electron chi connectivity index (χ1n) is 8.90. The first kappa shape index (κ1) is 20.7. The Bertz CT molecular complexity index is 927. The summed E-state index contributed by atoms with van der Waals surface area (Å²) in [5.41, 5.74) is 0.904. The summed E-state index contributed by atoms with van der Waals surface area (Å²) in [6.45, 7) is -0.262. The van der Waals surface area contributed by atoms with Crippen LogP contribution in [0.2, 0.25) is 5.02 Å². The summed E-state index contributed by atoms with van der Waals surface area (Å²) in [7, 11) is 3.02. The molecule has 152 valence electrons. The third kappa shape index (κ3) is 4.68.